The van der Waals surface area contributed by atoms with E-state index in [1.54, 1.807) is 10.9 Å². The molecule has 1 aliphatic rings. The normalized spacial score (nSPS) is 19.2. The summed E-state index contributed by atoms with van der Waals surface area (Å²) in [7, 11) is 1.89. The Kier molecular flexibility index (Phi) is 4.16. The lowest BCUT2D eigenvalue weighted by molar-refractivity contribution is 0.658. The molecular weight excluding hydrogens is 242 g/mol. The molecule has 1 aromatic heterocycles. The molecule has 0 saturated heterocycles. The molecule has 1 saturated carbocycles. The number of aromatic nitrogens is 2. The van der Waals surface area contributed by atoms with Gasteiger partial charge in [-0.1, -0.05) is 24.4 Å². The van der Waals surface area contributed by atoms with Crippen LogP contribution in [0.4, 0.5) is 0 Å². The molecule has 0 spiro atoms. The van der Waals surface area contributed by atoms with Gasteiger partial charge in [-0.2, -0.15) is 16.9 Å². The van der Waals surface area contributed by atoms with Gasteiger partial charge in [0, 0.05) is 18.1 Å². The lowest BCUT2D eigenvalue weighted by Gasteiger charge is -2.15. The molecule has 1 fully saturated rings. The first-order chi connectivity index (χ1) is 7.68. The summed E-state index contributed by atoms with van der Waals surface area (Å²) in [5, 5.41) is 5.60. The fraction of sp³-hybridized carbons (Fsp3) is 0.727. The topological polar surface area (TPSA) is 43.8 Å². The Labute approximate surface area is 106 Å². The van der Waals surface area contributed by atoms with E-state index < -0.39 is 0 Å². The Balaban J connectivity index is 1.89. The number of aryl methyl sites for hydroxylation is 1. The molecule has 0 bridgehead atoms. The Hall–Kier alpha value is -0.190. The van der Waals surface area contributed by atoms with Gasteiger partial charge in [0.1, 0.15) is 0 Å². The maximum absolute atomic E-state index is 6.15. The second kappa shape index (κ2) is 5.43. The zero-order chi connectivity index (χ0) is 11.5. The van der Waals surface area contributed by atoms with Crippen molar-refractivity contribution >= 4 is 23.4 Å². The van der Waals surface area contributed by atoms with Crippen molar-refractivity contribution in [3.8, 4) is 0 Å². The summed E-state index contributed by atoms with van der Waals surface area (Å²) in [4.78, 5) is 0. The average Bonchev–Trinajstić information content (AvgIpc) is 2.86. The van der Waals surface area contributed by atoms with Gasteiger partial charge in [0.2, 0.25) is 0 Å². The molecule has 1 heterocycles. The third kappa shape index (κ3) is 2.73. The maximum Gasteiger partial charge on any atom is 0.0834 e. The van der Waals surface area contributed by atoms with Crippen LogP contribution in [0.1, 0.15) is 37.4 Å². The second-order valence-corrected chi connectivity index (χ2v) is 6.09. The molecule has 2 rings (SSSR count). The number of hydrogen-bond acceptors (Lipinski definition) is 3. The molecule has 0 aromatic carbocycles. The lowest BCUT2D eigenvalue weighted by atomic mass is 10.2. The number of hydrogen-bond donors (Lipinski definition) is 1. The van der Waals surface area contributed by atoms with E-state index in [-0.39, 0.29) is 6.04 Å². The van der Waals surface area contributed by atoms with Crippen molar-refractivity contribution < 1.29 is 0 Å². The van der Waals surface area contributed by atoms with E-state index in [0.29, 0.717) is 5.02 Å². The molecule has 1 atom stereocenters. The number of thioether (sulfide) groups is 1. The molecule has 16 heavy (non-hydrogen) atoms. The zero-order valence-corrected chi connectivity index (χ0v) is 11.1. The van der Waals surface area contributed by atoms with Crippen LogP contribution in [0.3, 0.4) is 0 Å². The summed E-state index contributed by atoms with van der Waals surface area (Å²) in [6, 6.07) is -0.00870. The van der Waals surface area contributed by atoms with Gasteiger partial charge in [0.15, 0.2) is 0 Å². The van der Waals surface area contributed by atoms with Crippen LogP contribution in [0.5, 0.6) is 0 Å². The van der Waals surface area contributed by atoms with Gasteiger partial charge >= 0.3 is 0 Å². The monoisotopic (exact) mass is 259 g/mol. The molecule has 0 radical (unpaired) electrons. The quantitative estimate of drug-likeness (QED) is 0.904. The molecular formula is C11H18ClN3S. The van der Waals surface area contributed by atoms with Gasteiger partial charge in [0.05, 0.1) is 23.0 Å². The minimum atomic E-state index is -0.00870. The van der Waals surface area contributed by atoms with Gasteiger partial charge in [-0.3, -0.25) is 4.68 Å². The van der Waals surface area contributed by atoms with Gasteiger partial charge in [0.25, 0.3) is 0 Å². The van der Waals surface area contributed by atoms with Crippen molar-refractivity contribution in [2.75, 3.05) is 5.75 Å². The van der Waals surface area contributed by atoms with Crippen LogP contribution in [0.25, 0.3) is 0 Å². The van der Waals surface area contributed by atoms with Gasteiger partial charge in [-0.25, -0.2) is 0 Å². The number of rotatable bonds is 4. The van der Waals surface area contributed by atoms with Crippen molar-refractivity contribution in [2.45, 2.75) is 37.0 Å². The van der Waals surface area contributed by atoms with Crippen LogP contribution < -0.4 is 5.73 Å². The summed E-state index contributed by atoms with van der Waals surface area (Å²) in [6.07, 6.45) is 7.10. The highest BCUT2D eigenvalue weighted by Crippen LogP contribution is 2.32. The van der Waals surface area contributed by atoms with Crippen LogP contribution in [-0.4, -0.2) is 20.8 Å². The molecule has 2 N–H and O–H groups in total. The van der Waals surface area contributed by atoms with Crippen LogP contribution in [0.2, 0.25) is 5.02 Å². The Bertz CT molecular complexity index is 327. The minimum absolute atomic E-state index is 0.00870. The van der Waals surface area contributed by atoms with Crippen molar-refractivity contribution in [3.63, 3.8) is 0 Å². The molecule has 0 aliphatic heterocycles. The van der Waals surface area contributed by atoms with E-state index in [1.165, 1.54) is 25.7 Å². The Morgan fingerprint density at radius 3 is 2.88 bits per heavy atom. The van der Waals surface area contributed by atoms with E-state index in [2.05, 4.69) is 5.10 Å². The first-order valence-electron chi connectivity index (χ1n) is 5.73. The molecule has 0 amide bonds. The third-order valence-corrected chi connectivity index (χ3v) is 4.89. The Morgan fingerprint density at radius 2 is 2.31 bits per heavy atom. The molecule has 90 valence electrons. The number of nitrogens with zero attached hydrogens (tertiary/aromatic N) is 2. The predicted octanol–water partition coefficient (Wildman–Crippen LogP) is 2.75. The highest BCUT2D eigenvalue weighted by Gasteiger charge is 2.19. The van der Waals surface area contributed by atoms with Gasteiger partial charge in [-0.05, 0) is 12.8 Å². The summed E-state index contributed by atoms with van der Waals surface area (Å²) in [5.74, 6) is 0.934. The SMILES string of the molecule is Cn1ncc(Cl)c1C(N)CSC1CCCC1. The second-order valence-electron chi connectivity index (χ2n) is 4.35. The molecule has 1 aliphatic carbocycles. The summed E-state index contributed by atoms with van der Waals surface area (Å²) in [5.41, 5.74) is 7.10. The molecule has 1 unspecified atom stereocenters. The summed E-state index contributed by atoms with van der Waals surface area (Å²) >= 11 is 8.05. The first kappa shape index (κ1) is 12.3. The largest absolute Gasteiger partial charge is 0.322 e. The Morgan fingerprint density at radius 1 is 1.62 bits per heavy atom. The minimum Gasteiger partial charge on any atom is -0.322 e. The van der Waals surface area contributed by atoms with E-state index >= 15 is 0 Å². The highest BCUT2D eigenvalue weighted by molar-refractivity contribution is 7.99. The average molecular weight is 260 g/mol. The van der Waals surface area contributed by atoms with E-state index in [4.69, 9.17) is 17.3 Å². The van der Waals surface area contributed by atoms with E-state index in [1.807, 2.05) is 18.8 Å². The smallest absolute Gasteiger partial charge is 0.0834 e. The maximum atomic E-state index is 6.15. The van der Waals surface area contributed by atoms with Gasteiger partial charge < -0.3 is 5.73 Å². The number of halogens is 1. The third-order valence-electron chi connectivity index (χ3n) is 3.10. The van der Waals surface area contributed by atoms with Crippen molar-refractivity contribution in [1.29, 1.82) is 0 Å². The zero-order valence-electron chi connectivity index (χ0n) is 9.53. The molecule has 3 nitrogen and oxygen atoms in total. The van der Waals surface area contributed by atoms with Gasteiger partial charge in [-0.15, -0.1) is 0 Å². The fourth-order valence-corrected chi connectivity index (χ4v) is 3.82. The predicted molar refractivity (Wildman–Crippen MR) is 69.9 cm³/mol. The highest BCUT2D eigenvalue weighted by atomic mass is 35.5. The summed E-state index contributed by atoms with van der Waals surface area (Å²) in [6.45, 7) is 0. The van der Waals surface area contributed by atoms with Crippen molar-refractivity contribution in [2.24, 2.45) is 12.8 Å². The van der Waals surface area contributed by atoms with Crippen LogP contribution >= 0.6 is 23.4 Å². The van der Waals surface area contributed by atoms with Crippen LogP contribution in [0, 0.1) is 0 Å². The fourth-order valence-electron chi connectivity index (χ4n) is 2.21. The summed E-state index contributed by atoms with van der Waals surface area (Å²) < 4.78 is 1.78. The van der Waals surface area contributed by atoms with Crippen LogP contribution in [-0.2, 0) is 7.05 Å². The van der Waals surface area contributed by atoms with E-state index in [9.17, 15) is 0 Å². The first-order valence-corrected chi connectivity index (χ1v) is 7.15. The number of nitrogens with two attached hydrogens (primary N) is 1. The molecule has 1 aromatic rings. The standard InChI is InChI=1S/C11H18ClN3S/c1-15-11(9(12)6-14-15)10(13)7-16-8-4-2-3-5-8/h6,8,10H,2-5,7,13H2,1H3. The van der Waals surface area contributed by atoms with Crippen LogP contribution in [0.15, 0.2) is 6.20 Å². The van der Waals surface area contributed by atoms with E-state index in [0.717, 1.165) is 16.7 Å². The molecule has 5 heteroatoms. The van der Waals surface area contributed by atoms with Crippen molar-refractivity contribution in [3.05, 3.63) is 16.9 Å². The van der Waals surface area contributed by atoms with Crippen molar-refractivity contribution in [1.82, 2.24) is 9.78 Å². The lowest BCUT2D eigenvalue weighted by Crippen LogP contribution is -2.18.